The number of nitrogens with two attached hydrogens (primary N) is 1. The highest BCUT2D eigenvalue weighted by atomic mass is 16.5. The monoisotopic (exact) mass is 272 g/mol. The molecular formula is C15H20N4O. The van der Waals surface area contributed by atoms with Gasteiger partial charge in [0.25, 0.3) is 0 Å². The van der Waals surface area contributed by atoms with Gasteiger partial charge in [0.15, 0.2) is 0 Å². The van der Waals surface area contributed by atoms with Crippen LogP contribution in [0, 0.1) is 6.92 Å². The summed E-state index contributed by atoms with van der Waals surface area (Å²) in [5.74, 6) is 6.47. The van der Waals surface area contributed by atoms with Crippen LogP contribution in [0.15, 0.2) is 36.9 Å². The molecule has 2 rings (SSSR count). The van der Waals surface area contributed by atoms with E-state index in [2.05, 4.69) is 22.3 Å². The van der Waals surface area contributed by atoms with Crippen molar-refractivity contribution in [1.82, 2.24) is 15.4 Å². The van der Waals surface area contributed by atoms with Gasteiger partial charge >= 0.3 is 0 Å². The standard InChI is InChI=1S/C15H20N4O/c1-3-6-20-13-7-12(8-18-9-13)15(19-16)14-10-17-5-4-11(14)2/h4-5,7-10,15,19H,3,6,16H2,1-2H3. The highest BCUT2D eigenvalue weighted by Crippen LogP contribution is 2.25. The zero-order chi connectivity index (χ0) is 14.4. The van der Waals surface area contributed by atoms with Crippen molar-refractivity contribution in [1.29, 1.82) is 0 Å². The first-order valence-electron chi connectivity index (χ1n) is 6.70. The van der Waals surface area contributed by atoms with E-state index in [1.54, 1.807) is 18.6 Å². The van der Waals surface area contributed by atoms with Gasteiger partial charge in [-0.2, -0.15) is 0 Å². The molecule has 3 N–H and O–H groups in total. The highest BCUT2D eigenvalue weighted by Gasteiger charge is 2.15. The maximum atomic E-state index is 5.71. The Morgan fingerprint density at radius 3 is 2.85 bits per heavy atom. The van der Waals surface area contributed by atoms with Crippen LogP contribution >= 0.6 is 0 Å². The van der Waals surface area contributed by atoms with Crippen molar-refractivity contribution < 1.29 is 4.74 Å². The molecule has 2 aromatic rings. The third-order valence-electron chi connectivity index (χ3n) is 3.10. The molecular weight excluding hydrogens is 252 g/mol. The summed E-state index contributed by atoms with van der Waals surface area (Å²) in [7, 11) is 0. The minimum Gasteiger partial charge on any atom is -0.492 e. The molecule has 0 aromatic carbocycles. The Balaban J connectivity index is 2.30. The second-order valence-electron chi connectivity index (χ2n) is 4.63. The number of hydrogen-bond donors (Lipinski definition) is 2. The van der Waals surface area contributed by atoms with E-state index in [1.165, 1.54) is 0 Å². The summed E-state index contributed by atoms with van der Waals surface area (Å²) in [6.45, 7) is 4.78. The van der Waals surface area contributed by atoms with Crippen LogP contribution in [0.5, 0.6) is 5.75 Å². The molecule has 20 heavy (non-hydrogen) atoms. The topological polar surface area (TPSA) is 73.1 Å². The van der Waals surface area contributed by atoms with Crippen LogP contribution < -0.4 is 16.0 Å². The van der Waals surface area contributed by atoms with Crippen molar-refractivity contribution in [3.63, 3.8) is 0 Å². The lowest BCUT2D eigenvalue weighted by atomic mass is 9.98. The second kappa shape index (κ2) is 6.98. The zero-order valence-electron chi connectivity index (χ0n) is 11.8. The fourth-order valence-electron chi connectivity index (χ4n) is 2.04. The quantitative estimate of drug-likeness (QED) is 0.622. The third-order valence-corrected chi connectivity index (χ3v) is 3.10. The Morgan fingerprint density at radius 1 is 1.30 bits per heavy atom. The van der Waals surface area contributed by atoms with E-state index in [0.29, 0.717) is 6.61 Å². The molecule has 1 unspecified atom stereocenters. The lowest BCUT2D eigenvalue weighted by Gasteiger charge is -2.18. The van der Waals surface area contributed by atoms with Gasteiger partial charge in [0.2, 0.25) is 0 Å². The van der Waals surface area contributed by atoms with E-state index in [1.807, 2.05) is 25.3 Å². The predicted octanol–water partition coefficient (Wildman–Crippen LogP) is 2.13. The van der Waals surface area contributed by atoms with Crippen LogP contribution in [0.3, 0.4) is 0 Å². The normalized spacial score (nSPS) is 12.2. The summed E-state index contributed by atoms with van der Waals surface area (Å²) in [5.41, 5.74) is 5.94. The van der Waals surface area contributed by atoms with E-state index in [-0.39, 0.29) is 6.04 Å². The fraction of sp³-hybridized carbons (Fsp3) is 0.333. The second-order valence-corrected chi connectivity index (χ2v) is 4.63. The van der Waals surface area contributed by atoms with Crippen molar-refractivity contribution in [2.75, 3.05) is 6.61 Å². The Morgan fingerprint density at radius 2 is 2.15 bits per heavy atom. The number of nitrogens with zero attached hydrogens (tertiary/aromatic N) is 2. The smallest absolute Gasteiger partial charge is 0.137 e. The van der Waals surface area contributed by atoms with Gasteiger partial charge in [0, 0.05) is 18.6 Å². The third kappa shape index (κ3) is 3.31. The van der Waals surface area contributed by atoms with Crippen molar-refractivity contribution in [3.05, 3.63) is 53.6 Å². The van der Waals surface area contributed by atoms with Gasteiger partial charge in [-0.05, 0) is 42.2 Å². The zero-order valence-corrected chi connectivity index (χ0v) is 11.8. The molecule has 0 aliphatic heterocycles. The number of pyridine rings is 2. The van der Waals surface area contributed by atoms with Crippen molar-refractivity contribution >= 4 is 0 Å². The SMILES string of the molecule is CCCOc1cncc(C(NN)c2cnccc2C)c1. The summed E-state index contributed by atoms with van der Waals surface area (Å²) in [6.07, 6.45) is 8.05. The lowest BCUT2D eigenvalue weighted by Crippen LogP contribution is -2.29. The molecule has 2 aromatic heterocycles. The number of ether oxygens (including phenoxy) is 1. The van der Waals surface area contributed by atoms with Gasteiger partial charge in [0.1, 0.15) is 5.75 Å². The van der Waals surface area contributed by atoms with Crippen LogP contribution in [0.1, 0.15) is 36.1 Å². The Kier molecular flexibility index (Phi) is 5.03. The van der Waals surface area contributed by atoms with Gasteiger partial charge in [-0.15, -0.1) is 0 Å². The van der Waals surface area contributed by atoms with Crippen molar-refractivity contribution in [2.45, 2.75) is 26.3 Å². The first kappa shape index (κ1) is 14.4. The van der Waals surface area contributed by atoms with E-state index in [4.69, 9.17) is 10.6 Å². The molecule has 0 saturated carbocycles. The average Bonchev–Trinajstić information content (AvgIpc) is 2.48. The number of aromatic nitrogens is 2. The molecule has 5 heteroatoms. The van der Waals surface area contributed by atoms with Crippen LogP contribution in [0.2, 0.25) is 0 Å². The van der Waals surface area contributed by atoms with Gasteiger partial charge in [-0.25, -0.2) is 5.43 Å². The molecule has 0 radical (unpaired) electrons. The molecule has 0 spiro atoms. The molecule has 0 bridgehead atoms. The molecule has 2 heterocycles. The maximum Gasteiger partial charge on any atom is 0.137 e. The van der Waals surface area contributed by atoms with Crippen LogP contribution in [-0.2, 0) is 0 Å². The molecule has 0 fully saturated rings. The van der Waals surface area contributed by atoms with Crippen molar-refractivity contribution in [3.8, 4) is 5.75 Å². The Bertz CT molecular complexity index is 559. The first-order valence-corrected chi connectivity index (χ1v) is 6.70. The molecule has 0 saturated heterocycles. The average molecular weight is 272 g/mol. The largest absolute Gasteiger partial charge is 0.492 e. The summed E-state index contributed by atoms with van der Waals surface area (Å²) >= 11 is 0. The molecule has 106 valence electrons. The van der Waals surface area contributed by atoms with Gasteiger partial charge in [-0.1, -0.05) is 6.92 Å². The lowest BCUT2D eigenvalue weighted by molar-refractivity contribution is 0.315. The van der Waals surface area contributed by atoms with E-state index < -0.39 is 0 Å². The Labute approximate surface area is 119 Å². The van der Waals surface area contributed by atoms with Crippen molar-refractivity contribution in [2.24, 2.45) is 5.84 Å². The minimum atomic E-state index is -0.152. The van der Waals surface area contributed by atoms with Gasteiger partial charge < -0.3 is 4.74 Å². The molecule has 0 amide bonds. The summed E-state index contributed by atoms with van der Waals surface area (Å²) < 4.78 is 5.61. The van der Waals surface area contributed by atoms with Crippen LogP contribution in [-0.4, -0.2) is 16.6 Å². The summed E-state index contributed by atoms with van der Waals surface area (Å²) in [4.78, 5) is 8.39. The number of hydrogen-bond acceptors (Lipinski definition) is 5. The number of aryl methyl sites for hydroxylation is 1. The maximum absolute atomic E-state index is 5.71. The first-order chi connectivity index (χ1) is 9.76. The van der Waals surface area contributed by atoms with E-state index in [9.17, 15) is 0 Å². The van der Waals surface area contributed by atoms with E-state index in [0.717, 1.165) is 28.9 Å². The highest BCUT2D eigenvalue weighted by molar-refractivity contribution is 5.36. The molecule has 0 aliphatic rings. The molecule has 5 nitrogen and oxygen atoms in total. The number of nitrogens with one attached hydrogen (secondary N) is 1. The molecule has 1 atom stereocenters. The van der Waals surface area contributed by atoms with Gasteiger partial charge in [0.05, 0.1) is 18.8 Å². The van der Waals surface area contributed by atoms with Gasteiger partial charge in [-0.3, -0.25) is 15.8 Å². The Hall–Kier alpha value is -1.98. The van der Waals surface area contributed by atoms with Crippen LogP contribution in [0.25, 0.3) is 0 Å². The summed E-state index contributed by atoms with van der Waals surface area (Å²) in [6, 6.07) is 3.77. The number of rotatable bonds is 6. The minimum absolute atomic E-state index is 0.152. The molecule has 0 aliphatic carbocycles. The van der Waals surface area contributed by atoms with E-state index >= 15 is 0 Å². The fourth-order valence-corrected chi connectivity index (χ4v) is 2.04. The van der Waals surface area contributed by atoms with Crippen LogP contribution in [0.4, 0.5) is 0 Å². The number of hydrazine groups is 1. The summed E-state index contributed by atoms with van der Waals surface area (Å²) in [5, 5.41) is 0. The predicted molar refractivity (Wildman–Crippen MR) is 78.2 cm³/mol.